The fourth-order valence-corrected chi connectivity index (χ4v) is 1.39. The average molecular weight is 327 g/mol. The van der Waals surface area contributed by atoms with E-state index in [0.717, 1.165) is 7.05 Å². The third kappa shape index (κ3) is 4.11. The van der Waals surface area contributed by atoms with Gasteiger partial charge in [-0.25, -0.2) is 10.1 Å². The average Bonchev–Trinajstić information content (AvgIpc) is 2.35. The van der Waals surface area contributed by atoms with Crippen LogP contribution in [0.15, 0.2) is 12.1 Å². The first-order valence-corrected chi connectivity index (χ1v) is 4.66. The Morgan fingerprint density at radius 3 is 1.52 bits per heavy atom. The van der Waals surface area contributed by atoms with Gasteiger partial charge >= 0.3 is 62.8 Å². The van der Waals surface area contributed by atoms with Crippen molar-refractivity contribution in [2.24, 2.45) is 0 Å². The Kier molecular flexibility index (Phi) is 6.71. The summed E-state index contributed by atoms with van der Waals surface area (Å²) in [6.07, 6.45) is 0. The first kappa shape index (κ1) is 19.3. The van der Waals surface area contributed by atoms with Crippen LogP contribution in [0.1, 0.15) is 1.43 Å². The van der Waals surface area contributed by atoms with Crippen LogP contribution in [0.4, 0.5) is 22.7 Å². The van der Waals surface area contributed by atoms with Gasteiger partial charge in [0.15, 0.2) is 5.03 Å². The molecule has 0 aliphatic rings. The monoisotopic (exact) mass is 327 g/mol. The predicted octanol–water partition coefficient (Wildman–Crippen LogP) is -1.84. The van der Waals surface area contributed by atoms with E-state index in [0.29, 0.717) is 12.1 Å². The minimum atomic E-state index is -1.17. The van der Waals surface area contributed by atoms with Crippen molar-refractivity contribution < 1.29 is 72.6 Å². The van der Waals surface area contributed by atoms with E-state index < -0.39 is 42.6 Å². The van der Waals surface area contributed by atoms with Gasteiger partial charge in [-0.15, -0.1) is 0 Å². The normalized spacial score (nSPS) is 9.38. The molecule has 0 heterocycles. The molecule has 0 atom stereocenters. The fourth-order valence-electron chi connectivity index (χ4n) is 1.39. The molecule has 1 rings (SSSR count). The van der Waals surface area contributed by atoms with E-state index in [1.807, 2.05) is 0 Å². The van der Waals surface area contributed by atoms with Crippen LogP contribution in [0.3, 0.4) is 0 Å². The molecular weight excluding hydrogens is 321 g/mol. The van der Waals surface area contributed by atoms with Gasteiger partial charge < -0.3 is 1.43 Å². The summed E-state index contributed by atoms with van der Waals surface area (Å²) >= 11 is 0. The number of non-ortho nitro benzene ring substituents is 1. The van der Waals surface area contributed by atoms with Crippen LogP contribution in [0, 0.1) is 40.5 Å². The van der Waals surface area contributed by atoms with Gasteiger partial charge in [0.2, 0.25) is 0 Å². The van der Waals surface area contributed by atoms with Crippen molar-refractivity contribution in [1.29, 1.82) is 0 Å². The van der Waals surface area contributed by atoms with E-state index in [1.54, 1.807) is 0 Å². The Morgan fingerprint density at radius 1 is 0.905 bits per heavy atom. The van der Waals surface area contributed by atoms with Crippen molar-refractivity contribution in [1.82, 2.24) is 0 Å². The number of hydrogen-bond donors (Lipinski definition) is 0. The zero-order valence-corrected chi connectivity index (χ0v) is 13.8. The molecule has 108 valence electrons. The number of hydrazine groups is 1. The Balaban J connectivity index is 0. The zero-order chi connectivity index (χ0) is 15.6. The molecule has 1 aromatic rings. The van der Waals surface area contributed by atoms with Crippen LogP contribution in [0.25, 0.3) is 0 Å². The van der Waals surface area contributed by atoms with Crippen molar-refractivity contribution in [2.45, 2.75) is 0 Å². The van der Waals surface area contributed by atoms with Gasteiger partial charge in [-0.2, -0.15) is 0 Å². The van der Waals surface area contributed by atoms with Crippen LogP contribution in [0.5, 0.6) is 0 Å². The van der Waals surface area contributed by atoms with E-state index in [9.17, 15) is 40.5 Å². The maximum absolute atomic E-state index is 10.8. The molecular formula is C7H6KN5O8. The summed E-state index contributed by atoms with van der Waals surface area (Å²) in [4.78, 5) is 39.4. The molecule has 0 amide bonds. The SMILES string of the molecule is CN(c1c([N+](=O)[O-])cc([N+](=O)[O-])cc1[N+](=O)[O-])[N+](=O)[O-].[H-].[K+]. The standard InChI is InChI=1S/C7H5N5O8.K.H/c1-8(12(19)20)7-5(10(15)16)2-4(9(13)14)3-6(7)11(17)18;;/h2-3H,1H3;;/q;+1;-1. The van der Waals surface area contributed by atoms with Crippen LogP contribution in [-0.4, -0.2) is 26.8 Å². The molecule has 0 radical (unpaired) electrons. The fraction of sp³-hybridized carbons (Fsp3) is 0.143. The van der Waals surface area contributed by atoms with Gasteiger partial charge in [-0.1, -0.05) is 5.01 Å². The molecule has 0 N–H and O–H groups in total. The predicted molar refractivity (Wildman–Crippen MR) is 62.9 cm³/mol. The van der Waals surface area contributed by atoms with E-state index >= 15 is 0 Å². The molecule has 0 bridgehead atoms. The van der Waals surface area contributed by atoms with E-state index in [2.05, 4.69) is 0 Å². The molecule has 0 fully saturated rings. The van der Waals surface area contributed by atoms with Gasteiger partial charge in [0.05, 0.1) is 34.0 Å². The second-order valence-electron chi connectivity index (χ2n) is 3.37. The molecule has 21 heavy (non-hydrogen) atoms. The molecule has 0 aliphatic carbocycles. The van der Waals surface area contributed by atoms with Crippen LogP contribution >= 0.6 is 0 Å². The first-order chi connectivity index (χ1) is 9.16. The van der Waals surface area contributed by atoms with Gasteiger partial charge in [0.25, 0.3) is 11.4 Å². The van der Waals surface area contributed by atoms with Gasteiger partial charge in [-0.3, -0.25) is 30.3 Å². The number of nitro benzene ring substituents is 3. The maximum atomic E-state index is 10.8. The minimum Gasteiger partial charge on any atom is -1.00 e. The third-order valence-corrected chi connectivity index (χ3v) is 2.23. The molecule has 13 nitrogen and oxygen atoms in total. The Hall–Kier alpha value is -1.74. The molecule has 0 aliphatic heterocycles. The molecule has 0 unspecified atom stereocenters. The topological polar surface area (TPSA) is 176 Å². The number of nitrogens with zero attached hydrogens (tertiary/aromatic N) is 5. The Labute approximate surface area is 159 Å². The summed E-state index contributed by atoms with van der Waals surface area (Å²) in [7, 11) is 0.751. The smallest absolute Gasteiger partial charge is 1.00 e. The molecule has 0 saturated carbocycles. The second-order valence-corrected chi connectivity index (χ2v) is 3.37. The summed E-state index contributed by atoms with van der Waals surface area (Å²) in [5.41, 5.74) is -4.07. The van der Waals surface area contributed by atoms with Crippen molar-refractivity contribution >= 4 is 22.7 Å². The summed E-state index contributed by atoms with van der Waals surface area (Å²) < 4.78 is 0. The van der Waals surface area contributed by atoms with Crippen molar-refractivity contribution in [3.63, 3.8) is 0 Å². The summed E-state index contributed by atoms with van der Waals surface area (Å²) in [5, 5.41) is 41.7. The van der Waals surface area contributed by atoms with Crippen LogP contribution in [0.2, 0.25) is 0 Å². The number of anilines is 1. The first-order valence-electron chi connectivity index (χ1n) is 4.66. The van der Waals surface area contributed by atoms with Gasteiger partial charge in [0, 0.05) is 0 Å². The number of hydrogen-bond acceptors (Lipinski definition) is 8. The van der Waals surface area contributed by atoms with Gasteiger partial charge in [-0.05, 0) is 0 Å². The largest absolute Gasteiger partial charge is 1.00 e. The summed E-state index contributed by atoms with van der Waals surface area (Å²) in [6.45, 7) is 0. The van der Waals surface area contributed by atoms with E-state index in [1.165, 1.54) is 0 Å². The van der Waals surface area contributed by atoms with E-state index in [-0.39, 0.29) is 57.8 Å². The van der Waals surface area contributed by atoms with E-state index in [4.69, 9.17) is 0 Å². The summed E-state index contributed by atoms with van der Waals surface area (Å²) in [5.74, 6) is 0. The van der Waals surface area contributed by atoms with Crippen molar-refractivity contribution in [3.05, 3.63) is 52.6 Å². The molecule has 14 heteroatoms. The quantitative estimate of drug-likeness (QED) is 0.341. The van der Waals surface area contributed by atoms with Crippen molar-refractivity contribution in [2.75, 3.05) is 12.1 Å². The number of nitro groups is 4. The number of rotatable bonds is 5. The minimum absolute atomic E-state index is 0. The zero-order valence-electron chi connectivity index (χ0n) is 11.7. The Bertz CT molecular complexity index is 604. The van der Waals surface area contributed by atoms with Crippen LogP contribution in [-0.2, 0) is 0 Å². The molecule has 0 spiro atoms. The molecule has 0 saturated heterocycles. The second kappa shape index (κ2) is 7.32. The van der Waals surface area contributed by atoms with Crippen molar-refractivity contribution in [3.8, 4) is 0 Å². The van der Waals surface area contributed by atoms with Gasteiger partial charge in [0.1, 0.15) is 0 Å². The van der Waals surface area contributed by atoms with Crippen LogP contribution < -0.4 is 56.4 Å². The summed E-state index contributed by atoms with van der Waals surface area (Å²) in [6, 6.07) is 0.838. The Morgan fingerprint density at radius 2 is 1.29 bits per heavy atom. The third-order valence-electron chi connectivity index (χ3n) is 2.23. The molecule has 1 aromatic carbocycles. The molecule has 0 aromatic heterocycles. The maximum Gasteiger partial charge on any atom is 1.00 e. The number of benzene rings is 1.